The van der Waals surface area contributed by atoms with Gasteiger partial charge in [0.2, 0.25) is 0 Å². The fraction of sp³-hybridized carbons (Fsp3) is 0.769. The molecule has 1 fully saturated rings. The maximum Gasteiger partial charge on any atom is 0.334 e. The van der Waals surface area contributed by atoms with Crippen LogP contribution in [0, 0.1) is 0 Å². The van der Waals surface area contributed by atoms with Crippen LogP contribution in [-0.2, 0) is 9.53 Å². The molecular formula is C13H23NO3. The third-order valence-corrected chi connectivity index (χ3v) is 3.19. The Morgan fingerprint density at radius 2 is 2.12 bits per heavy atom. The van der Waals surface area contributed by atoms with Crippen LogP contribution >= 0.6 is 0 Å². The van der Waals surface area contributed by atoms with E-state index in [1.165, 1.54) is 12.8 Å². The molecule has 4 heteroatoms. The van der Waals surface area contributed by atoms with Crippen molar-refractivity contribution >= 4 is 5.97 Å². The number of rotatable bonds is 7. The molecule has 98 valence electrons. The lowest BCUT2D eigenvalue weighted by Gasteiger charge is -2.28. The predicted octanol–water partition coefficient (Wildman–Crippen LogP) is 1.34. The average Bonchev–Trinajstić information content (AvgIpc) is 2.82. The summed E-state index contributed by atoms with van der Waals surface area (Å²) in [5, 5.41) is 9.06. The fourth-order valence-corrected chi connectivity index (χ4v) is 2.33. The van der Waals surface area contributed by atoms with E-state index in [0.717, 1.165) is 12.8 Å². The fourth-order valence-electron chi connectivity index (χ4n) is 2.33. The van der Waals surface area contributed by atoms with E-state index in [2.05, 4.69) is 11.5 Å². The molecule has 0 unspecified atom stereocenters. The Morgan fingerprint density at radius 1 is 1.47 bits per heavy atom. The lowest BCUT2D eigenvalue weighted by atomic mass is 10.2. The van der Waals surface area contributed by atoms with Crippen LogP contribution in [0.2, 0.25) is 0 Å². The number of hydrogen-bond donors (Lipinski definition) is 1. The van der Waals surface area contributed by atoms with Gasteiger partial charge in [0.15, 0.2) is 0 Å². The van der Waals surface area contributed by atoms with Crippen molar-refractivity contribution in [3.8, 4) is 0 Å². The third kappa shape index (κ3) is 4.48. The van der Waals surface area contributed by atoms with Crippen molar-refractivity contribution in [2.75, 3.05) is 26.3 Å². The molecule has 1 rings (SSSR count). The Balaban J connectivity index is 2.47. The van der Waals surface area contributed by atoms with Gasteiger partial charge in [0.25, 0.3) is 0 Å². The SMILES string of the molecule is C=C(CN(CCO)C1CCCC1)C(=O)OCC. The zero-order valence-electron chi connectivity index (χ0n) is 10.7. The molecule has 17 heavy (non-hydrogen) atoms. The monoisotopic (exact) mass is 241 g/mol. The topological polar surface area (TPSA) is 49.8 Å². The number of esters is 1. The summed E-state index contributed by atoms with van der Waals surface area (Å²) < 4.78 is 4.92. The Morgan fingerprint density at radius 3 is 2.65 bits per heavy atom. The lowest BCUT2D eigenvalue weighted by Crippen LogP contribution is -2.38. The molecule has 0 aromatic rings. The van der Waals surface area contributed by atoms with Gasteiger partial charge >= 0.3 is 5.97 Å². The summed E-state index contributed by atoms with van der Waals surface area (Å²) in [6.45, 7) is 7.15. The number of carbonyl (C=O) groups excluding carboxylic acids is 1. The van der Waals surface area contributed by atoms with Crippen LogP contribution in [0.25, 0.3) is 0 Å². The summed E-state index contributed by atoms with van der Waals surface area (Å²) in [4.78, 5) is 13.6. The first-order valence-electron chi connectivity index (χ1n) is 6.38. The Bertz CT molecular complexity index is 259. The highest BCUT2D eigenvalue weighted by Crippen LogP contribution is 2.23. The zero-order chi connectivity index (χ0) is 12.7. The number of ether oxygens (including phenoxy) is 1. The van der Waals surface area contributed by atoms with Crippen molar-refractivity contribution in [1.82, 2.24) is 4.90 Å². The van der Waals surface area contributed by atoms with Crippen LogP contribution < -0.4 is 0 Å². The van der Waals surface area contributed by atoms with Gasteiger partial charge in [-0.1, -0.05) is 19.4 Å². The van der Waals surface area contributed by atoms with Crippen molar-refractivity contribution in [2.24, 2.45) is 0 Å². The van der Waals surface area contributed by atoms with Crippen LogP contribution in [0.15, 0.2) is 12.2 Å². The van der Waals surface area contributed by atoms with E-state index in [1.807, 2.05) is 0 Å². The molecule has 0 aromatic heterocycles. The quantitative estimate of drug-likeness (QED) is 0.540. The third-order valence-electron chi connectivity index (χ3n) is 3.19. The van der Waals surface area contributed by atoms with Gasteiger partial charge in [-0.2, -0.15) is 0 Å². The second-order valence-corrected chi connectivity index (χ2v) is 4.46. The maximum absolute atomic E-state index is 11.5. The highest BCUT2D eigenvalue weighted by atomic mass is 16.5. The molecule has 0 heterocycles. The molecule has 0 saturated heterocycles. The molecular weight excluding hydrogens is 218 g/mol. The van der Waals surface area contributed by atoms with Gasteiger partial charge in [-0.25, -0.2) is 4.79 Å². The summed E-state index contributed by atoms with van der Waals surface area (Å²) in [5.41, 5.74) is 0.479. The minimum atomic E-state index is -0.326. The highest BCUT2D eigenvalue weighted by Gasteiger charge is 2.24. The van der Waals surface area contributed by atoms with Gasteiger partial charge in [-0.05, 0) is 19.8 Å². The van der Waals surface area contributed by atoms with Crippen LogP contribution in [0.5, 0.6) is 0 Å². The minimum absolute atomic E-state index is 0.118. The molecule has 0 aliphatic heterocycles. The molecule has 0 atom stereocenters. The minimum Gasteiger partial charge on any atom is -0.463 e. The maximum atomic E-state index is 11.5. The van der Waals surface area contributed by atoms with Gasteiger partial charge < -0.3 is 9.84 Å². The number of carbonyl (C=O) groups is 1. The van der Waals surface area contributed by atoms with E-state index in [4.69, 9.17) is 9.84 Å². The van der Waals surface area contributed by atoms with Gasteiger partial charge in [0.1, 0.15) is 0 Å². The first-order chi connectivity index (χ1) is 8.19. The van der Waals surface area contributed by atoms with Crippen LogP contribution in [0.4, 0.5) is 0 Å². The summed E-state index contributed by atoms with van der Waals surface area (Å²) in [5.74, 6) is -0.326. The Labute approximate surface area is 103 Å². The number of nitrogens with zero attached hydrogens (tertiary/aromatic N) is 1. The van der Waals surface area contributed by atoms with Crippen LogP contribution in [0.3, 0.4) is 0 Å². The van der Waals surface area contributed by atoms with Crippen molar-refractivity contribution in [1.29, 1.82) is 0 Å². The molecule has 4 nitrogen and oxygen atoms in total. The standard InChI is InChI=1S/C13H23NO3/c1-3-17-13(16)11(2)10-14(8-9-15)12-6-4-5-7-12/h12,15H,2-10H2,1H3. The first-order valence-corrected chi connectivity index (χ1v) is 6.38. The summed E-state index contributed by atoms with van der Waals surface area (Å²) in [7, 11) is 0. The Kier molecular flexibility index (Phi) is 6.22. The van der Waals surface area contributed by atoms with Gasteiger partial charge in [0, 0.05) is 24.7 Å². The molecule has 1 aliphatic carbocycles. The number of hydrogen-bond acceptors (Lipinski definition) is 4. The van der Waals surface area contributed by atoms with Crippen molar-refractivity contribution in [3.05, 3.63) is 12.2 Å². The van der Waals surface area contributed by atoms with E-state index in [0.29, 0.717) is 31.3 Å². The zero-order valence-corrected chi connectivity index (χ0v) is 10.7. The highest BCUT2D eigenvalue weighted by molar-refractivity contribution is 5.88. The number of aliphatic hydroxyl groups excluding tert-OH is 1. The first kappa shape index (κ1) is 14.2. The molecule has 0 radical (unpaired) electrons. The number of aliphatic hydroxyl groups is 1. The van der Waals surface area contributed by atoms with Crippen molar-refractivity contribution in [3.63, 3.8) is 0 Å². The van der Waals surface area contributed by atoms with Gasteiger partial charge in [-0.15, -0.1) is 0 Å². The molecule has 0 amide bonds. The van der Waals surface area contributed by atoms with E-state index in [9.17, 15) is 4.79 Å². The Hall–Kier alpha value is -0.870. The van der Waals surface area contributed by atoms with E-state index in [1.54, 1.807) is 6.92 Å². The second-order valence-electron chi connectivity index (χ2n) is 4.46. The van der Waals surface area contributed by atoms with Crippen molar-refractivity contribution < 1.29 is 14.6 Å². The summed E-state index contributed by atoms with van der Waals surface area (Å²) in [6.07, 6.45) is 4.77. The van der Waals surface area contributed by atoms with Gasteiger partial charge in [0.05, 0.1) is 13.2 Å². The average molecular weight is 241 g/mol. The molecule has 0 bridgehead atoms. The van der Waals surface area contributed by atoms with E-state index in [-0.39, 0.29) is 12.6 Å². The smallest absolute Gasteiger partial charge is 0.334 e. The largest absolute Gasteiger partial charge is 0.463 e. The van der Waals surface area contributed by atoms with Crippen molar-refractivity contribution in [2.45, 2.75) is 38.6 Å². The van der Waals surface area contributed by atoms with Gasteiger partial charge in [-0.3, -0.25) is 4.90 Å². The lowest BCUT2D eigenvalue weighted by molar-refractivity contribution is -0.138. The second kappa shape index (κ2) is 7.45. The van der Waals surface area contributed by atoms with Crippen LogP contribution in [-0.4, -0.2) is 48.3 Å². The molecule has 1 saturated carbocycles. The summed E-state index contributed by atoms with van der Waals surface area (Å²) in [6, 6.07) is 0.480. The van der Waals surface area contributed by atoms with Crippen LogP contribution in [0.1, 0.15) is 32.6 Å². The molecule has 0 spiro atoms. The van der Waals surface area contributed by atoms with E-state index < -0.39 is 0 Å². The summed E-state index contributed by atoms with van der Waals surface area (Å²) >= 11 is 0. The predicted molar refractivity (Wildman–Crippen MR) is 66.7 cm³/mol. The van der Waals surface area contributed by atoms with E-state index >= 15 is 0 Å². The molecule has 1 N–H and O–H groups in total. The molecule has 1 aliphatic rings. The normalized spacial score (nSPS) is 16.4. The molecule has 0 aromatic carbocycles.